The number of hydrogen-bond acceptors (Lipinski definition) is 5. The summed E-state index contributed by atoms with van der Waals surface area (Å²) in [5, 5.41) is 17.8. The monoisotopic (exact) mass is 401 g/mol. The van der Waals surface area contributed by atoms with E-state index in [4.69, 9.17) is 5.26 Å². The van der Waals surface area contributed by atoms with Gasteiger partial charge in [-0.2, -0.15) is 15.5 Å². The smallest absolute Gasteiger partial charge is 0.0886 e. The molecule has 2 bridgehead atoms. The van der Waals surface area contributed by atoms with E-state index in [1.54, 1.807) is 0 Å². The van der Waals surface area contributed by atoms with Gasteiger partial charge in [-0.05, 0) is 43.7 Å². The van der Waals surface area contributed by atoms with Gasteiger partial charge in [0.2, 0.25) is 0 Å². The number of anilines is 1. The Morgan fingerprint density at radius 1 is 1.07 bits per heavy atom. The van der Waals surface area contributed by atoms with Crippen LogP contribution in [0.15, 0.2) is 36.9 Å². The summed E-state index contributed by atoms with van der Waals surface area (Å²) >= 11 is 0. The minimum atomic E-state index is 0.629. The zero-order valence-electron chi connectivity index (χ0n) is 17.4. The second-order valence-electron chi connectivity index (χ2n) is 9.27. The van der Waals surface area contributed by atoms with Crippen molar-refractivity contribution >= 4 is 11.2 Å². The van der Waals surface area contributed by atoms with E-state index in [1.807, 2.05) is 34.8 Å². The molecule has 1 saturated carbocycles. The van der Waals surface area contributed by atoms with Gasteiger partial charge in [-0.1, -0.05) is 0 Å². The fourth-order valence-electron chi connectivity index (χ4n) is 5.96. The Kier molecular flexibility index (Phi) is 4.10. The van der Waals surface area contributed by atoms with E-state index in [0.29, 0.717) is 24.0 Å². The minimum absolute atomic E-state index is 0.629. The van der Waals surface area contributed by atoms with Crippen molar-refractivity contribution in [3.8, 4) is 17.2 Å². The van der Waals surface area contributed by atoms with Crippen LogP contribution in [-0.2, 0) is 7.05 Å². The molecule has 30 heavy (non-hydrogen) atoms. The van der Waals surface area contributed by atoms with Gasteiger partial charge in [0.15, 0.2) is 0 Å². The molecule has 154 valence electrons. The molecule has 1 unspecified atom stereocenters. The van der Waals surface area contributed by atoms with Crippen molar-refractivity contribution in [3.05, 3.63) is 36.9 Å². The molecule has 7 nitrogen and oxygen atoms in total. The van der Waals surface area contributed by atoms with E-state index in [0.717, 1.165) is 30.6 Å². The maximum Gasteiger partial charge on any atom is 0.0886 e. The first-order valence-electron chi connectivity index (χ1n) is 11.1. The molecule has 0 spiro atoms. The van der Waals surface area contributed by atoms with Crippen molar-refractivity contribution in [1.29, 1.82) is 5.26 Å². The third kappa shape index (κ3) is 2.82. The van der Waals surface area contributed by atoms with Crippen LogP contribution in [0.25, 0.3) is 16.6 Å². The number of fused-ring (bicyclic) bond motifs is 3. The average Bonchev–Trinajstić information content (AvgIpc) is 3.39. The van der Waals surface area contributed by atoms with Gasteiger partial charge in [0, 0.05) is 74.4 Å². The summed E-state index contributed by atoms with van der Waals surface area (Å²) in [6, 6.07) is 8.74. The lowest BCUT2D eigenvalue weighted by Gasteiger charge is -2.50. The van der Waals surface area contributed by atoms with Crippen LogP contribution in [0.1, 0.15) is 32.1 Å². The topological polar surface area (TPSA) is 65.4 Å². The Bertz CT molecular complexity index is 1100. The molecule has 2 saturated heterocycles. The Morgan fingerprint density at radius 2 is 1.87 bits per heavy atom. The lowest BCUT2D eigenvalue weighted by molar-refractivity contribution is 0.0298. The van der Waals surface area contributed by atoms with Crippen LogP contribution in [0, 0.1) is 17.2 Å². The van der Waals surface area contributed by atoms with Crippen molar-refractivity contribution in [1.82, 2.24) is 24.3 Å². The van der Waals surface area contributed by atoms with Gasteiger partial charge in [-0.15, -0.1) is 0 Å². The van der Waals surface area contributed by atoms with Gasteiger partial charge in [0.1, 0.15) is 0 Å². The fraction of sp³-hybridized carbons (Fsp3) is 0.522. The number of aromatic nitrogens is 4. The number of rotatable bonds is 4. The zero-order chi connectivity index (χ0) is 20.2. The molecule has 2 atom stereocenters. The van der Waals surface area contributed by atoms with Gasteiger partial charge in [-0.25, -0.2) is 4.52 Å². The van der Waals surface area contributed by atoms with Crippen molar-refractivity contribution < 1.29 is 0 Å². The third-order valence-corrected chi connectivity index (χ3v) is 7.42. The Morgan fingerprint density at radius 3 is 2.57 bits per heavy atom. The molecule has 1 aliphatic carbocycles. The van der Waals surface area contributed by atoms with E-state index in [1.165, 1.54) is 36.9 Å². The van der Waals surface area contributed by atoms with Crippen LogP contribution >= 0.6 is 0 Å². The zero-order valence-corrected chi connectivity index (χ0v) is 17.4. The van der Waals surface area contributed by atoms with Gasteiger partial charge in [0.05, 0.1) is 23.5 Å². The van der Waals surface area contributed by atoms with Crippen LogP contribution in [-0.4, -0.2) is 55.5 Å². The lowest BCUT2D eigenvalue weighted by Crippen LogP contribution is -2.60. The van der Waals surface area contributed by atoms with E-state index < -0.39 is 0 Å². The first-order valence-corrected chi connectivity index (χ1v) is 11.1. The second kappa shape index (κ2) is 6.85. The third-order valence-electron chi connectivity index (χ3n) is 7.42. The molecule has 3 aromatic heterocycles. The van der Waals surface area contributed by atoms with E-state index in [9.17, 15) is 0 Å². The maximum absolute atomic E-state index is 8.96. The van der Waals surface area contributed by atoms with Crippen LogP contribution in [0.2, 0.25) is 0 Å². The molecule has 6 rings (SSSR count). The summed E-state index contributed by atoms with van der Waals surface area (Å²) < 4.78 is 3.84. The number of hydrogen-bond donors (Lipinski definition) is 0. The first-order chi connectivity index (χ1) is 14.7. The molecule has 2 aliphatic heterocycles. The molecule has 0 radical (unpaired) electrons. The van der Waals surface area contributed by atoms with Crippen LogP contribution in [0.5, 0.6) is 0 Å². The summed E-state index contributed by atoms with van der Waals surface area (Å²) in [6.07, 6.45) is 13.7. The van der Waals surface area contributed by atoms with Gasteiger partial charge >= 0.3 is 0 Å². The molecule has 3 aliphatic rings. The van der Waals surface area contributed by atoms with E-state index in [2.05, 4.69) is 44.4 Å². The largest absolute Gasteiger partial charge is 0.367 e. The molecule has 7 heteroatoms. The quantitative estimate of drug-likeness (QED) is 0.672. The predicted molar refractivity (Wildman–Crippen MR) is 115 cm³/mol. The molecule has 0 aromatic carbocycles. The highest BCUT2D eigenvalue weighted by Crippen LogP contribution is 2.43. The van der Waals surface area contributed by atoms with E-state index in [-0.39, 0.29) is 0 Å². The van der Waals surface area contributed by atoms with Crippen molar-refractivity contribution in [2.45, 2.75) is 50.2 Å². The van der Waals surface area contributed by atoms with E-state index >= 15 is 0 Å². The summed E-state index contributed by atoms with van der Waals surface area (Å²) in [7, 11) is 1.95. The first kappa shape index (κ1) is 18.0. The highest BCUT2D eigenvalue weighted by molar-refractivity contribution is 5.79. The van der Waals surface area contributed by atoms with Crippen LogP contribution in [0.4, 0.5) is 5.69 Å². The Labute approximate surface area is 176 Å². The standard InChI is InChI=1S/C23H27N7/c1-27-12-18(11-26-27)17-10-23-22(5-7-25-29(23)13-17)28-14-19-2-3-20(15-28)30(19)21-8-16(9-21)4-6-24/h5,7,10-13,16,19-21H,2-4,8-9,14-15H2,1H3/t16?,19-,20?,21?/m0/s1. The highest BCUT2D eigenvalue weighted by atomic mass is 15.4. The summed E-state index contributed by atoms with van der Waals surface area (Å²) in [4.78, 5) is 5.39. The molecular formula is C23H27N7. The maximum atomic E-state index is 8.96. The lowest BCUT2D eigenvalue weighted by atomic mass is 9.77. The number of piperazine rings is 1. The second-order valence-corrected chi connectivity index (χ2v) is 9.27. The molecular weight excluding hydrogens is 374 g/mol. The number of nitriles is 1. The van der Waals surface area contributed by atoms with Gasteiger partial charge in [-0.3, -0.25) is 9.58 Å². The summed E-state index contributed by atoms with van der Waals surface area (Å²) in [5.74, 6) is 0.629. The predicted octanol–water partition coefficient (Wildman–Crippen LogP) is 3.08. The van der Waals surface area contributed by atoms with Crippen LogP contribution in [0.3, 0.4) is 0 Å². The van der Waals surface area contributed by atoms with Crippen LogP contribution < -0.4 is 4.90 Å². The van der Waals surface area contributed by atoms with Crippen molar-refractivity contribution in [2.75, 3.05) is 18.0 Å². The molecule has 0 N–H and O–H groups in total. The summed E-state index contributed by atoms with van der Waals surface area (Å²) in [5.41, 5.74) is 4.73. The van der Waals surface area contributed by atoms with Crippen molar-refractivity contribution in [3.63, 3.8) is 0 Å². The SMILES string of the molecule is Cn1cc(-c2cc3c(N4CC5CC[C@@H](C4)N5C4CC(CC#N)C4)ccnn3c2)cn1. The molecule has 3 fully saturated rings. The Hall–Kier alpha value is -2.85. The molecule has 0 amide bonds. The van der Waals surface area contributed by atoms with Crippen molar-refractivity contribution in [2.24, 2.45) is 13.0 Å². The van der Waals surface area contributed by atoms with Gasteiger partial charge in [0.25, 0.3) is 0 Å². The Balaban J connectivity index is 1.25. The average molecular weight is 402 g/mol. The normalized spacial score (nSPS) is 28.6. The molecule has 5 heterocycles. The summed E-state index contributed by atoms with van der Waals surface area (Å²) in [6.45, 7) is 2.17. The highest BCUT2D eigenvalue weighted by Gasteiger charge is 2.47. The van der Waals surface area contributed by atoms with Gasteiger partial charge < -0.3 is 4.90 Å². The number of aryl methyl sites for hydroxylation is 1. The minimum Gasteiger partial charge on any atom is -0.367 e. The number of nitrogens with zero attached hydrogens (tertiary/aromatic N) is 7. The molecule has 3 aromatic rings. The fourth-order valence-corrected chi connectivity index (χ4v) is 5.96.